The number of hydrogen-bond donors (Lipinski definition) is 0. The summed E-state index contributed by atoms with van der Waals surface area (Å²) in [7, 11) is 0. The summed E-state index contributed by atoms with van der Waals surface area (Å²) in [6.45, 7) is 3.92. The molecule has 0 spiro atoms. The largest absolute Gasteiger partial charge is 0.487 e. The van der Waals surface area contributed by atoms with Crippen LogP contribution in [0.3, 0.4) is 0 Å². The van der Waals surface area contributed by atoms with Crippen LogP contribution in [0, 0.1) is 0 Å². The highest BCUT2D eigenvalue weighted by molar-refractivity contribution is 6.39. The molecule has 0 bridgehead atoms. The first-order valence-electron chi connectivity index (χ1n) is 8.08. The molecule has 4 nitrogen and oxygen atoms in total. The van der Waals surface area contributed by atoms with E-state index >= 15 is 0 Å². The quantitative estimate of drug-likeness (QED) is 0.534. The van der Waals surface area contributed by atoms with Crippen molar-refractivity contribution in [2.24, 2.45) is 0 Å². The van der Waals surface area contributed by atoms with Gasteiger partial charge >= 0.3 is 0 Å². The summed E-state index contributed by atoms with van der Waals surface area (Å²) in [6.07, 6.45) is 0.0698. The molecule has 1 aliphatic rings. The highest BCUT2D eigenvalue weighted by Crippen LogP contribution is 2.39. The van der Waals surface area contributed by atoms with Crippen molar-refractivity contribution < 1.29 is 14.3 Å². The van der Waals surface area contributed by atoms with Gasteiger partial charge in [-0.2, -0.15) is 0 Å². The lowest BCUT2D eigenvalue weighted by molar-refractivity contribution is -0.120. The molecule has 1 saturated heterocycles. The second-order valence-electron chi connectivity index (χ2n) is 6.20. The first-order valence-corrected chi connectivity index (χ1v) is 8.83. The summed E-state index contributed by atoms with van der Waals surface area (Å²) in [5.74, 6) is -0.307. The van der Waals surface area contributed by atoms with Gasteiger partial charge in [0.2, 0.25) is 5.91 Å². The first-order chi connectivity index (χ1) is 12.4. The average Bonchev–Trinajstić information content (AvgIpc) is 2.90. The van der Waals surface area contributed by atoms with E-state index in [-0.39, 0.29) is 28.9 Å². The zero-order valence-electron chi connectivity index (χ0n) is 14.4. The van der Waals surface area contributed by atoms with Crippen molar-refractivity contribution in [2.45, 2.75) is 26.9 Å². The zero-order chi connectivity index (χ0) is 18.8. The molecule has 2 aromatic rings. The van der Waals surface area contributed by atoms with Gasteiger partial charge in [-0.15, -0.1) is 0 Å². The summed E-state index contributed by atoms with van der Waals surface area (Å²) in [5.41, 5.74) is 2.56. The normalized spacial score (nSPS) is 14.2. The maximum atomic E-state index is 12.6. The summed E-state index contributed by atoms with van der Waals surface area (Å²) >= 11 is 12.5. The fraction of sp³-hybridized carbons (Fsp3) is 0.200. The van der Waals surface area contributed by atoms with Crippen molar-refractivity contribution in [3.8, 4) is 5.75 Å². The number of rotatable bonds is 4. The topological polar surface area (TPSA) is 46.6 Å². The van der Waals surface area contributed by atoms with Gasteiger partial charge in [-0.1, -0.05) is 59.1 Å². The number of carbonyl (C=O) groups excluding carboxylic acids is 2. The van der Waals surface area contributed by atoms with Gasteiger partial charge in [0.1, 0.15) is 12.4 Å². The molecule has 0 aliphatic carbocycles. The molecule has 0 saturated carbocycles. The predicted molar refractivity (Wildman–Crippen MR) is 103 cm³/mol. The van der Waals surface area contributed by atoms with Crippen molar-refractivity contribution in [1.29, 1.82) is 0 Å². The Morgan fingerprint density at radius 3 is 2.38 bits per heavy atom. The number of anilines is 1. The molecule has 26 heavy (non-hydrogen) atoms. The Morgan fingerprint density at radius 1 is 1.08 bits per heavy atom. The Kier molecular flexibility index (Phi) is 5.35. The molecule has 2 aromatic carbocycles. The molecule has 0 N–H and O–H groups in total. The van der Waals surface area contributed by atoms with Crippen LogP contribution < -0.4 is 9.64 Å². The highest BCUT2D eigenvalue weighted by Gasteiger charge is 2.37. The molecule has 1 aliphatic heterocycles. The van der Waals surface area contributed by atoms with Crippen LogP contribution in [-0.2, 0) is 16.2 Å². The smallest absolute Gasteiger partial charge is 0.261 e. The highest BCUT2D eigenvalue weighted by atomic mass is 35.5. The molecule has 134 valence electrons. The Hall–Kier alpha value is -2.30. The maximum Gasteiger partial charge on any atom is 0.261 e. The summed E-state index contributed by atoms with van der Waals surface area (Å²) in [5, 5.41) is 0.537. The van der Waals surface area contributed by atoms with E-state index in [4.69, 9.17) is 27.9 Å². The van der Waals surface area contributed by atoms with E-state index in [0.29, 0.717) is 23.0 Å². The number of halogens is 2. The predicted octanol–water partition coefficient (Wildman–Crippen LogP) is 5.17. The van der Waals surface area contributed by atoms with Gasteiger partial charge in [-0.25, -0.2) is 4.90 Å². The third kappa shape index (κ3) is 3.62. The molecular weight excluding hydrogens is 373 g/mol. The third-order valence-corrected chi connectivity index (χ3v) is 4.72. The van der Waals surface area contributed by atoms with Crippen LogP contribution in [0.2, 0.25) is 10.0 Å². The molecule has 1 fully saturated rings. The van der Waals surface area contributed by atoms with Crippen LogP contribution in [0.5, 0.6) is 5.75 Å². The summed E-state index contributed by atoms with van der Waals surface area (Å²) < 4.78 is 5.77. The van der Waals surface area contributed by atoms with Gasteiger partial charge in [-0.3, -0.25) is 9.59 Å². The second-order valence-corrected chi connectivity index (χ2v) is 7.01. The molecule has 6 heteroatoms. The van der Waals surface area contributed by atoms with Crippen molar-refractivity contribution in [3.63, 3.8) is 0 Å². The zero-order valence-corrected chi connectivity index (χ0v) is 15.9. The Morgan fingerprint density at radius 2 is 1.77 bits per heavy atom. The number of allylic oxidation sites excluding steroid dienone is 1. The van der Waals surface area contributed by atoms with Crippen LogP contribution in [0.25, 0.3) is 0 Å². The lowest BCUT2D eigenvalue weighted by atomic mass is 10.1. The van der Waals surface area contributed by atoms with Crippen molar-refractivity contribution in [1.82, 2.24) is 0 Å². The first kappa shape index (κ1) is 18.5. The fourth-order valence-electron chi connectivity index (χ4n) is 2.72. The average molecular weight is 390 g/mol. The molecule has 1 heterocycles. The van der Waals surface area contributed by atoms with Gasteiger partial charge < -0.3 is 4.74 Å². The fourth-order valence-corrected chi connectivity index (χ4v) is 3.25. The van der Waals surface area contributed by atoms with E-state index in [1.165, 1.54) is 12.1 Å². The summed E-state index contributed by atoms with van der Waals surface area (Å²) in [4.78, 5) is 26.1. The van der Waals surface area contributed by atoms with Gasteiger partial charge in [0.15, 0.2) is 0 Å². The van der Waals surface area contributed by atoms with Crippen molar-refractivity contribution >= 4 is 40.7 Å². The molecule has 2 amide bonds. The van der Waals surface area contributed by atoms with Crippen LogP contribution in [-0.4, -0.2) is 11.8 Å². The molecule has 0 radical (unpaired) electrons. The standard InChI is InChI=1S/C20H17Cl2NO3/c1-12(2)14-8-19(24)23(20(14)25)17-10-18(16(22)9-15(17)21)26-11-13-6-4-3-5-7-13/h3-7,9-10H,8,11H2,1-2H3. The van der Waals surface area contributed by atoms with E-state index in [0.717, 1.165) is 16.0 Å². The number of nitrogens with zero attached hydrogens (tertiary/aromatic N) is 1. The number of benzene rings is 2. The number of ether oxygens (including phenoxy) is 1. The SMILES string of the molecule is CC(C)=C1CC(=O)N(c2cc(OCc3ccccc3)c(Cl)cc2Cl)C1=O. The minimum atomic E-state index is -0.353. The van der Waals surface area contributed by atoms with Gasteiger partial charge in [0.25, 0.3) is 5.91 Å². The van der Waals surface area contributed by atoms with E-state index in [1.54, 1.807) is 0 Å². The number of amides is 2. The van der Waals surface area contributed by atoms with E-state index in [2.05, 4.69) is 0 Å². The lowest BCUT2D eigenvalue weighted by Gasteiger charge is -2.18. The minimum absolute atomic E-state index is 0.0698. The molecule has 3 rings (SSSR count). The Balaban J connectivity index is 1.92. The third-order valence-electron chi connectivity index (χ3n) is 4.12. The van der Waals surface area contributed by atoms with E-state index in [1.807, 2.05) is 44.2 Å². The lowest BCUT2D eigenvalue weighted by Crippen LogP contribution is -2.29. The van der Waals surface area contributed by atoms with Crippen LogP contribution in [0.1, 0.15) is 25.8 Å². The van der Waals surface area contributed by atoms with Crippen LogP contribution in [0.15, 0.2) is 53.6 Å². The summed E-state index contributed by atoms with van der Waals surface area (Å²) in [6, 6.07) is 12.6. The monoisotopic (exact) mass is 389 g/mol. The second kappa shape index (κ2) is 7.52. The Labute approximate surface area is 162 Å². The molecule has 0 aromatic heterocycles. The maximum absolute atomic E-state index is 12.6. The van der Waals surface area contributed by atoms with Crippen LogP contribution in [0.4, 0.5) is 5.69 Å². The number of imide groups is 1. The van der Waals surface area contributed by atoms with Crippen LogP contribution >= 0.6 is 23.2 Å². The number of hydrogen-bond acceptors (Lipinski definition) is 3. The van der Waals surface area contributed by atoms with Gasteiger partial charge in [-0.05, 0) is 25.5 Å². The van der Waals surface area contributed by atoms with E-state index < -0.39 is 0 Å². The van der Waals surface area contributed by atoms with Crippen molar-refractivity contribution in [2.75, 3.05) is 4.90 Å². The van der Waals surface area contributed by atoms with Gasteiger partial charge in [0.05, 0.1) is 22.2 Å². The minimum Gasteiger partial charge on any atom is -0.487 e. The van der Waals surface area contributed by atoms with Crippen molar-refractivity contribution in [3.05, 3.63) is 69.2 Å². The molecular formula is C20H17Cl2NO3. The molecule has 0 unspecified atom stereocenters. The number of carbonyl (C=O) groups is 2. The van der Waals surface area contributed by atoms with Gasteiger partial charge in [0, 0.05) is 11.6 Å². The Bertz CT molecular complexity index is 903. The molecule has 0 atom stereocenters. The van der Waals surface area contributed by atoms with E-state index in [9.17, 15) is 9.59 Å².